The van der Waals surface area contributed by atoms with Crippen LogP contribution in [0.5, 0.6) is 0 Å². The summed E-state index contributed by atoms with van der Waals surface area (Å²) in [6, 6.07) is -0.315. The molecule has 0 aliphatic rings. The van der Waals surface area contributed by atoms with Gasteiger partial charge >= 0.3 is 6.03 Å². The van der Waals surface area contributed by atoms with E-state index in [2.05, 4.69) is 25.8 Å². The molecular weight excluding hydrogens is 282 g/mol. The lowest BCUT2D eigenvalue weighted by molar-refractivity contribution is -0.117. The topological polar surface area (TPSA) is 105 Å². The van der Waals surface area contributed by atoms with E-state index in [9.17, 15) is 9.59 Å². The molecule has 2 rings (SSSR count). The Morgan fingerprint density at radius 3 is 2.85 bits per heavy atom. The highest BCUT2D eigenvalue weighted by molar-refractivity contribution is 7.13. The summed E-state index contributed by atoms with van der Waals surface area (Å²) in [5, 5.41) is 15.3. The number of nitrogens with one attached hydrogen (secondary N) is 2. The fourth-order valence-corrected chi connectivity index (χ4v) is 1.77. The van der Waals surface area contributed by atoms with E-state index < -0.39 is 0 Å². The fourth-order valence-electron chi connectivity index (χ4n) is 1.22. The standard InChI is InChI=1S/C10H13N7O2S/c1-16(2)10(19)13-7-5-12-17(15-7)6-8(18)14-9-11-3-4-20-9/h3-5H,6H2,1-2H3,(H,11,14,18)(H,13,15,19). The van der Waals surface area contributed by atoms with Crippen LogP contribution in [0.2, 0.25) is 0 Å². The highest BCUT2D eigenvalue weighted by Gasteiger charge is 2.10. The molecule has 106 valence electrons. The number of thiazole rings is 1. The van der Waals surface area contributed by atoms with E-state index >= 15 is 0 Å². The second-order valence-electron chi connectivity index (χ2n) is 3.97. The molecule has 3 amide bonds. The first-order valence-corrected chi connectivity index (χ1v) is 6.50. The molecule has 0 aliphatic heterocycles. The van der Waals surface area contributed by atoms with Crippen LogP contribution in [0.25, 0.3) is 0 Å². The number of amides is 3. The number of aromatic nitrogens is 4. The summed E-state index contributed by atoms with van der Waals surface area (Å²) in [4.78, 5) is 29.6. The van der Waals surface area contributed by atoms with E-state index in [1.165, 1.54) is 27.2 Å². The van der Waals surface area contributed by atoms with Gasteiger partial charge in [-0.3, -0.25) is 10.1 Å². The minimum atomic E-state index is -0.315. The van der Waals surface area contributed by atoms with Crippen molar-refractivity contribution in [1.82, 2.24) is 24.9 Å². The van der Waals surface area contributed by atoms with Gasteiger partial charge in [0, 0.05) is 25.7 Å². The van der Waals surface area contributed by atoms with Gasteiger partial charge in [0.2, 0.25) is 5.91 Å². The van der Waals surface area contributed by atoms with Crippen molar-refractivity contribution < 1.29 is 9.59 Å². The van der Waals surface area contributed by atoms with Crippen LogP contribution < -0.4 is 10.6 Å². The van der Waals surface area contributed by atoms with Gasteiger partial charge in [-0.25, -0.2) is 9.78 Å². The van der Waals surface area contributed by atoms with Gasteiger partial charge in [-0.2, -0.15) is 9.90 Å². The van der Waals surface area contributed by atoms with Crippen LogP contribution in [0.4, 0.5) is 15.7 Å². The number of rotatable bonds is 4. The van der Waals surface area contributed by atoms with Crippen molar-refractivity contribution in [2.24, 2.45) is 0 Å². The summed E-state index contributed by atoms with van der Waals surface area (Å²) in [5.41, 5.74) is 0. The van der Waals surface area contributed by atoms with Crippen LogP contribution in [0.1, 0.15) is 0 Å². The minimum Gasteiger partial charge on any atom is -0.331 e. The molecule has 0 bridgehead atoms. The summed E-state index contributed by atoms with van der Waals surface area (Å²) < 4.78 is 0. The first-order valence-electron chi connectivity index (χ1n) is 5.62. The molecule has 2 heterocycles. The van der Waals surface area contributed by atoms with Gasteiger partial charge in [-0.1, -0.05) is 0 Å². The predicted molar refractivity (Wildman–Crippen MR) is 73.5 cm³/mol. The van der Waals surface area contributed by atoms with Gasteiger partial charge in [0.25, 0.3) is 0 Å². The van der Waals surface area contributed by atoms with Crippen molar-refractivity contribution in [2.45, 2.75) is 6.54 Å². The van der Waals surface area contributed by atoms with Crippen LogP contribution in [-0.4, -0.2) is 50.9 Å². The normalized spacial score (nSPS) is 10.1. The molecule has 20 heavy (non-hydrogen) atoms. The Hall–Kier alpha value is -2.49. The number of nitrogens with zero attached hydrogens (tertiary/aromatic N) is 5. The lowest BCUT2D eigenvalue weighted by atomic mass is 10.6. The molecule has 0 saturated carbocycles. The van der Waals surface area contributed by atoms with Crippen molar-refractivity contribution in [3.8, 4) is 0 Å². The number of carbonyl (C=O) groups is 2. The van der Waals surface area contributed by atoms with Crippen LogP contribution >= 0.6 is 11.3 Å². The van der Waals surface area contributed by atoms with Crippen molar-refractivity contribution in [1.29, 1.82) is 0 Å². The third-order valence-electron chi connectivity index (χ3n) is 2.14. The smallest absolute Gasteiger partial charge is 0.322 e. The summed E-state index contributed by atoms with van der Waals surface area (Å²) >= 11 is 1.32. The Kier molecular flexibility index (Phi) is 4.25. The Bertz CT molecular complexity index is 593. The molecule has 0 spiro atoms. The average Bonchev–Trinajstić information content (AvgIpc) is 3.01. The maximum Gasteiger partial charge on any atom is 0.322 e. The summed E-state index contributed by atoms with van der Waals surface area (Å²) in [7, 11) is 3.22. The maximum atomic E-state index is 11.7. The molecule has 0 aromatic carbocycles. The molecule has 0 unspecified atom stereocenters. The summed E-state index contributed by atoms with van der Waals surface area (Å²) in [5.74, 6) is -0.00761. The molecular formula is C10H13N7O2S. The van der Waals surface area contributed by atoms with Crippen molar-refractivity contribution in [3.63, 3.8) is 0 Å². The largest absolute Gasteiger partial charge is 0.331 e. The predicted octanol–water partition coefficient (Wildman–Crippen LogP) is 0.467. The Morgan fingerprint density at radius 1 is 1.40 bits per heavy atom. The van der Waals surface area contributed by atoms with Crippen molar-refractivity contribution in [3.05, 3.63) is 17.8 Å². The van der Waals surface area contributed by atoms with E-state index in [0.29, 0.717) is 5.13 Å². The zero-order valence-electron chi connectivity index (χ0n) is 10.9. The highest BCUT2D eigenvalue weighted by atomic mass is 32.1. The monoisotopic (exact) mass is 295 g/mol. The Morgan fingerprint density at radius 2 is 2.20 bits per heavy atom. The van der Waals surface area contributed by atoms with Crippen LogP contribution in [0.15, 0.2) is 17.8 Å². The van der Waals surface area contributed by atoms with Gasteiger partial charge in [0.1, 0.15) is 6.54 Å². The zero-order chi connectivity index (χ0) is 14.5. The highest BCUT2D eigenvalue weighted by Crippen LogP contribution is 2.10. The van der Waals surface area contributed by atoms with Crippen molar-refractivity contribution in [2.75, 3.05) is 24.7 Å². The minimum absolute atomic E-state index is 0.0581. The summed E-state index contributed by atoms with van der Waals surface area (Å²) in [6.45, 7) is -0.0581. The molecule has 0 radical (unpaired) electrons. The second-order valence-corrected chi connectivity index (χ2v) is 4.86. The molecule has 0 saturated heterocycles. The van der Waals surface area contributed by atoms with E-state index in [1.807, 2.05) is 0 Å². The van der Waals surface area contributed by atoms with Crippen LogP contribution in [-0.2, 0) is 11.3 Å². The molecule has 2 N–H and O–H groups in total. The number of urea groups is 1. The van der Waals surface area contributed by atoms with Gasteiger partial charge in [0.15, 0.2) is 10.9 Å². The average molecular weight is 295 g/mol. The number of anilines is 2. The lowest BCUT2D eigenvalue weighted by Crippen LogP contribution is -2.27. The lowest BCUT2D eigenvalue weighted by Gasteiger charge is -2.09. The summed E-state index contributed by atoms with van der Waals surface area (Å²) in [6.07, 6.45) is 2.97. The Balaban J connectivity index is 1.89. The molecule has 10 heteroatoms. The van der Waals surface area contributed by atoms with E-state index in [4.69, 9.17) is 0 Å². The van der Waals surface area contributed by atoms with E-state index in [1.54, 1.807) is 25.7 Å². The molecule has 2 aromatic heterocycles. The first kappa shape index (κ1) is 13.9. The molecule has 9 nitrogen and oxygen atoms in total. The van der Waals surface area contributed by atoms with Gasteiger partial charge in [-0.15, -0.1) is 16.4 Å². The Labute approximate surface area is 118 Å². The van der Waals surface area contributed by atoms with Gasteiger partial charge < -0.3 is 10.2 Å². The van der Waals surface area contributed by atoms with Gasteiger partial charge in [-0.05, 0) is 0 Å². The third-order valence-corrected chi connectivity index (χ3v) is 2.83. The zero-order valence-corrected chi connectivity index (χ0v) is 11.7. The molecule has 0 fully saturated rings. The molecule has 2 aromatic rings. The molecule has 0 atom stereocenters. The van der Waals surface area contributed by atoms with E-state index in [0.717, 1.165) is 0 Å². The van der Waals surface area contributed by atoms with E-state index in [-0.39, 0.29) is 24.3 Å². The van der Waals surface area contributed by atoms with Crippen LogP contribution in [0, 0.1) is 0 Å². The quantitative estimate of drug-likeness (QED) is 0.853. The SMILES string of the molecule is CN(C)C(=O)Nc1cnn(CC(=O)Nc2nccs2)n1. The van der Waals surface area contributed by atoms with Crippen molar-refractivity contribution >= 4 is 34.2 Å². The van der Waals surface area contributed by atoms with Crippen LogP contribution in [0.3, 0.4) is 0 Å². The second kappa shape index (κ2) is 6.10. The fraction of sp³-hybridized carbons (Fsp3) is 0.300. The number of hydrogen-bond acceptors (Lipinski definition) is 6. The van der Waals surface area contributed by atoms with Gasteiger partial charge in [0.05, 0.1) is 6.20 Å². The third kappa shape index (κ3) is 3.75. The number of hydrogen-bond donors (Lipinski definition) is 2. The molecule has 0 aliphatic carbocycles. The number of carbonyl (C=O) groups excluding carboxylic acids is 2. The maximum absolute atomic E-state index is 11.7. The first-order chi connectivity index (χ1) is 9.54.